The zero-order valence-electron chi connectivity index (χ0n) is 14.7. The van der Waals surface area contributed by atoms with E-state index in [1.165, 1.54) is 34.4 Å². The van der Waals surface area contributed by atoms with Gasteiger partial charge in [-0.25, -0.2) is 4.98 Å². The van der Waals surface area contributed by atoms with Gasteiger partial charge in [-0.05, 0) is 53.9 Å². The molecule has 5 heteroatoms. The molecule has 1 aliphatic heterocycles. The predicted octanol–water partition coefficient (Wildman–Crippen LogP) is 3.69. The minimum atomic E-state index is 0.280. The first kappa shape index (κ1) is 14.8. The van der Waals surface area contributed by atoms with Crippen molar-refractivity contribution in [2.75, 3.05) is 17.6 Å². The SMILES string of the molecule is CC1(C)CCc2c(-c3ccc4c(c3)NCC4)nc3n[nH]c(N)c3c2C1. The Morgan fingerprint density at radius 2 is 2.04 bits per heavy atom. The molecule has 0 fully saturated rings. The zero-order chi connectivity index (χ0) is 17.2. The van der Waals surface area contributed by atoms with Gasteiger partial charge in [0.25, 0.3) is 0 Å². The van der Waals surface area contributed by atoms with Gasteiger partial charge in [0.15, 0.2) is 5.65 Å². The number of anilines is 2. The fourth-order valence-corrected chi connectivity index (χ4v) is 4.36. The molecular weight excluding hydrogens is 310 g/mol. The highest BCUT2D eigenvalue weighted by atomic mass is 15.2. The van der Waals surface area contributed by atoms with E-state index in [0.29, 0.717) is 5.82 Å². The van der Waals surface area contributed by atoms with Gasteiger partial charge in [0.2, 0.25) is 0 Å². The molecule has 25 heavy (non-hydrogen) atoms. The predicted molar refractivity (Wildman–Crippen MR) is 102 cm³/mol. The summed E-state index contributed by atoms with van der Waals surface area (Å²) < 4.78 is 0. The summed E-state index contributed by atoms with van der Waals surface area (Å²) >= 11 is 0. The van der Waals surface area contributed by atoms with Crippen LogP contribution in [0, 0.1) is 5.41 Å². The highest BCUT2D eigenvalue weighted by Crippen LogP contribution is 2.43. The topological polar surface area (TPSA) is 79.6 Å². The second kappa shape index (κ2) is 4.97. The average Bonchev–Trinajstić information content (AvgIpc) is 3.19. The molecule has 5 nitrogen and oxygen atoms in total. The van der Waals surface area contributed by atoms with Crippen molar-refractivity contribution in [1.82, 2.24) is 15.2 Å². The molecule has 0 radical (unpaired) electrons. The van der Waals surface area contributed by atoms with Crippen molar-refractivity contribution in [3.8, 4) is 11.3 Å². The minimum Gasteiger partial charge on any atom is -0.384 e. The van der Waals surface area contributed by atoms with Crippen molar-refractivity contribution < 1.29 is 0 Å². The molecule has 0 atom stereocenters. The first-order valence-electron chi connectivity index (χ1n) is 9.04. The number of benzene rings is 1. The van der Waals surface area contributed by atoms with Crippen LogP contribution in [0.15, 0.2) is 18.2 Å². The number of nitrogens with one attached hydrogen (secondary N) is 2. The molecule has 2 aliphatic rings. The van der Waals surface area contributed by atoms with Gasteiger partial charge in [-0.2, -0.15) is 5.10 Å². The molecule has 2 aromatic heterocycles. The third-order valence-electron chi connectivity index (χ3n) is 5.75. The van der Waals surface area contributed by atoms with Crippen LogP contribution in [0.25, 0.3) is 22.3 Å². The Morgan fingerprint density at radius 1 is 1.16 bits per heavy atom. The highest BCUT2D eigenvalue weighted by molar-refractivity contribution is 5.93. The molecule has 3 heterocycles. The molecule has 0 unspecified atom stereocenters. The van der Waals surface area contributed by atoms with E-state index in [0.717, 1.165) is 42.5 Å². The lowest BCUT2D eigenvalue weighted by Gasteiger charge is -2.32. The maximum absolute atomic E-state index is 6.18. The van der Waals surface area contributed by atoms with Crippen LogP contribution in [0.1, 0.15) is 37.0 Å². The number of nitrogens with two attached hydrogens (primary N) is 1. The fourth-order valence-electron chi connectivity index (χ4n) is 4.36. The Labute approximate surface area is 147 Å². The van der Waals surface area contributed by atoms with E-state index in [1.807, 2.05) is 0 Å². The van der Waals surface area contributed by atoms with E-state index >= 15 is 0 Å². The van der Waals surface area contributed by atoms with E-state index in [9.17, 15) is 0 Å². The molecule has 0 spiro atoms. The van der Waals surface area contributed by atoms with Gasteiger partial charge in [-0.3, -0.25) is 5.10 Å². The monoisotopic (exact) mass is 333 g/mol. The summed E-state index contributed by atoms with van der Waals surface area (Å²) in [6, 6.07) is 6.68. The number of H-pyrrole nitrogens is 1. The quantitative estimate of drug-likeness (QED) is 0.634. The van der Waals surface area contributed by atoms with Crippen molar-refractivity contribution >= 4 is 22.5 Å². The lowest BCUT2D eigenvalue weighted by atomic mass is 9.73. The molecule has 4 N–H and O–H groups in total. The van der Waals surface area contributed by atoms with Crippen LogP contribution in [0.2, 0.25) is 0 Å². The van der Waals surface area contributed by atoms with Crippen LogP contribution >= 0.6 is 0 Å². The van der Waals surface area contributed by atoms with Crippen molar-refractivity contribution in [2.45, 2.75) is 39.5 Å². The first-order chi connectivity index (χ1) is 12.0. The molecule has 0 amide bonds. The lowest BCUT2D eigenvalue weighted by Crippen LogP contribution is -2.23. The smallest absolute Gasteiger partial charge is 0.183 e. The van der Waals surface area contributed by atoms with Gasteiger partial charge in [0, 0.05) is 17.8 Å². The van der Waals surface area contributed by atoms with Crippen molar-refractivity contribution in [1.29, 1.82) is 0 Å². The molecule has 0 saturated carbocycles. The number of hydrogen-bond acceptors (Lipinski definition) is 4. The van der Waals surface area contributed by atoms with E-state index in [1.54, 1.807) is 0 Å². The summed E-state index contributed by atoms with van der Waals surface area (Å²) in [7, 11) is 0. The largest absolute Gasteiger partial charge is 0.384 e. The Kier molecular flexibility index (Phi) is 2.94. The summed E-state index contributed by atoms with van der Waals surface area (Å²) in [6.45, 7) is 5.68. The standard InChI is InChI=1S/C20H23N5/c1-20(2)7-5-13-14(10-20)16-18(21)24-25-19(16)23-17(13)12-4-3-11-6-8-22-15(11)9-12/h3-4,9,22H,5-8,10H2,1-2H3,(H3,21,23,24,25). The molecule has 5 rings (SSSR count). The number of nitrogens with zero attached hydrogens (tertiary/aromatic N) is 2. The number of fused-ring (bicyclic) bond motifs is 4. The Balaban J connectivity index is 1.77. The fraction of sp³-hybridized carbons (Fsp3) is 0.400. The number of hydrogen-bond donors (Lipinski definition) is 3. The Bertz CT molecular complexity index is 999. The van der Waals surface area contributed by atoms with Gasteiger partial charge < -0.3 is 11.1 Å². The molecule has 0 saturated heterocycles. The lowest BCUT2D eigenvalue weighted by molar-refractivity contribution is 0.317. The molecular formula is C20H23N5. The van der Waals surface area contributed by atoms with Crippen LogP contribution in [-0.2, 0) is 19.3 Å². The van der Waals surface area contributed by atoms with Gasteiger partial charge in [-0.15, -0.1) is 0 Å². The summed E-state index contributed by atoms with van der Waals surface area (Å²) in [5, 5.41) is 11.8. The van der Waals surface area contributed by atoms with Crippen molar-refractivity contribution in [3.63, 3.8) is 0 Å². The summed E-state index contributed by atoms with van der Waals surface area (Å²) in [5.41, 5.74) is 14.7. The van der Waals surface area contributed by atoms with Gasteiger partial charge >= 0.3 is 0 Å². The van der Waals surface area contributed by atoms with Crippen LogP contribution < -0.4 is 11.1 Å². The summed E-state index contributed by atoms with van der Waals surface area (Å²) in [6.07, 6.45) is 4.32. The number of aromatic nitrogens is 3. The minimum absolute atomic E-state index is 0.280. The van der Waals surface area contributed by atoms with Crippen LogP contribution in [0.3, 0.4) is 0 Å². The molecule has 3 aromatic rings. The third kappa shape index (κ3) is 2.22. The van der Waals surface area contributed by atoms with Gasteiger partial charge in [-0.1, -0.05) is 26.0 Å². The third-order valence-corrected chi connectivity index (χ3v) is 5.75. The zero-order valence-corrected chi connectivity index (χ0v) is 14.7. The van der Waals surface area contributed by atoms with Crippen LogP contribution in [0.4, 0.5) is 11.5 Å². The Hall–Kier alpha value is -2.56. The van der Waals surface area contributed by atoms with E-state index < -0.39 is 0 Å². The average molecular weight is 333 g/mol. The summed E-state index contributed by atoms with van der Waals surface area (Å²) in [5.74, 6) is 0.638. The van der Waals surface area contributed by atoms with Crippen LogP contribution in [-0.4, -0.2) is 21.7 Å². The highest BCUT2D eigenvalue weighted by Gasteiger charge is 2.31. The number of rotatable bonds is 1. The normalized spacial score (nSPS) is 18.0. The van der Waals surface area contributed by atoms with Crippen LogP contribution in [0.5, 0.6) is 0 Å². The molecule has 0 bridgehead atoms. The molecule has 128 valence electrons. The first-order valence-corrected chi connectivity index (χ1v) is 9.04. The maximum atomic E-state index is 6.18. The van der Waals surface area contributed by atoms with E-state index in [4.69, 9.17) is 10.7 Å². The Morgan fingerprint density at radius 3 is 2.92 bits per heavy atom. The maximum Gasteiger partial charge on any atom is 0.183 e. The molecule has 1 aromatic carbocycles. The number of pyridine rings is 1. The summed E-state index contributed by atoms with van der Waals surface area (Å²) in [4.78, 5) is 4.90. The van der Waals surface area contributed by atoms with E-state index in [2.05, 4.69) is 47.6 Å². The van der Waals surface area contributed by atoms with Crippen molar-refractivity contribution in [2.24, 2.45) is 5.41 Å². The second-order valence-electron chi connectivity index (χ2n) is 8.14. The second-order valence-corrected chi connectivity index (χ2v) is 8.14. The van der Waals surface area contributed by atoms with Crippen molar-refractivity contribution in [3.05, 3.63) is 34.9 Å². The molecule has 1 aliphatic carbocycles. The van der Waals surface area contributed by atoms with Gasteiger partial charge in [0.05, 0.1) is 11.1 Å². The van der Waals surface area contributed by atoms with E-state index in [-0.39, 0.29) is 5.41 Å². The number of aromatic amines is 1. The number of nitrogen functional groups attached to an aromatic ring is 1. The van der Waals surface area contributed by atoms with Gasteiger partial charge in [0.1, 0.15) is 5.82 Å².